The molecule has 0 aliphatic heterocycles. The fourth-order valence-electron chi connectivity index (χ4n) is 1.75. The van der Waals surface area contributed by atoms with Crippen molar-refractivity contribution in [1.82, 2.24) is 10.6 Å². The first kappa shape index (κ1) is 19.0. The minimum absolute atomic E-state index is 0.0573. The average molecular weight is 331 g/mol. The Morgan fingerprint density at radius 2 is 1.88 bits per heavy atom. The molecule has 1 rings (SSSR count). The third-order valence-electron chi connectivity index (χ3n) is 2.97. The number of para-hydroxylation sites is 1. The van der Waals surface area contributed by atoms with Crippen LogP contribution in [0.5, 0.6) is 0 Å². The molecule has 0 aromatic heterocycles. The topological polar surface area (TPSA) is 96.5 Å². The molecule has 7 heteroatoms. The van der Waals surface area contributed by atoms with Crippen LogP contribution >= 0.6 is 0 Å². The van der Waals surface area contributed by atoms with E-state index in [-0.39, 0.29) is 12.5 Å². The Kier molecular flexibility index (Phi) is 7.85. The van der Waals surface area contributed by atoms with Crippen molar-refractivity contribution in [3.8, 4) is 12.3 Å². The van der Waals surface area contributed by atoms with Crippen LogP contribution in [0, 0.1) is 18.3 Å². The summed E-state index contributed by atoms with van der Waals surface area (Å²) in [7, 11) is 0. The predicted molar refractivity (Wildman–Crippen MR) is 90.0 cm³/mol. The number of carbonyl (C=O) groups excluding carboxylic acids is 3. The summed E-state index contributed by atoms with van der Waals surface area (Å²) in [4.78, 5) is 35.4. The van der Waals surface area contributed by atoms with Crippen molar-refractivity contribution in [2.24, 2.45) is 5.92 Å². The molecule has 1 atom stereocenters. The maximum Gasteiger partial charge on any atom is 0.329 e. The number of benzene rings is 1. The van der Waals surface area contributed by atoms with Gasteiger partial charge in [-0.1, -0.05) is 38.0 Å². The van der Waals surface area contributed by atoms with E-state index in [2.05, 4.69) is 21.9 Å². The van der Waals surface area contributed by atoms with E-state index in [9.17, 15) is 14.4 Å². The van der Waals surface area contributed by atoms with Gasteiger partial charge in [-0.2, -0.15) is 0 Å². The molecule has 128 valence electrons. The van der Waals surface area contributed by atoms with Gasteiger partial charge in [0.2, 0.25) is 0 Å². The minimum atomic E-state index is -0.880. The van der Waals surface area contributed by atoms with Crippen molar-refractivity contribution in [3.63, 3.8) is 0 Å². The van der Waals surface area contributed by atoms with Crippen molar-refractivity contribution < 1.29 is 19.1 Å². The monoisotopic (exact) mass is 331 g/mol. The fourth-order valence-corrected chi connectivity index (χ4v) is 1.75. The molecule has 1 aromatic rings. The summed E-state index contributed by atoms with van der Waals surface area (Å²) in [6.07, 6.45) is 5.01. The molecule has 1 aromatic carbocycles. The van der Waals surface area contributed by atoms with Gasteiger partial charge < -0.3 is 20.7 Å². The summed E-state index contributed by atoms with van der Waals surface area (Å²) in [5, 5.41) is 7.54. The zero-order valence-corrected chi connectivity index (χ0v) is 13.7. The fraction of sp³-hybridized carbons (Fsp3) is 0.353. The summed E-state index contributed by atoms with van der Waals surface area (Å²) >= 11 is 0. The molecule has 3 amide bonds. The van der Waals surface area contributed by atoms with Crippen LogP contribution in [0.1, 0.15) is 13.8 Å². The lowest BCUT2D eigenvalue weighted by atomic mass is 10.1. The van der Waals surface area contributed by atoms with Crippen molar-refractivity contribution in [2.45, 2.75) is 19.9 Å². The van der Waals surface area contributed by atoms with E-state index in [0.29, 0.717) is 5.69 Å². The number of terminal acetylenes is 1. The van der Waals surface area contributed by atoms with Crippen LogP contribution in [-0.4, -0.2) is 37.1 Å². The number of urea groups is 1. The standard InChI is InChI=1S/C17H21N3O4/c1-4-10-18-14(21)11-24-16(22)15(12(2)3)20-17(23)19-13-8-6-5-7-9-13/h1,5-9,12,15H,10-11H2,2-3H3,(H,18,21)(H2,19,20,23)/t15-/m0/s1. The van der Waals surface area contributed by atoms with Crippen LogP contribution in [0.25, 0.3) is 0 Å². The minimum Gasteiger partial charge on any atom is -0.454 e. The van der Waals surface area contributed by atoms with E-state index in [1.165, 1.54) is 0 Å². The number of carbonyl (C=O) groups is 3. The lowest BCUT2D eigenvalue weighted by Gasteiger charge is -2.21. The Bertz CT molecular complexity index is 608. The second-order valence-corrected chi connectivity index (χ2v) is 5.27. The first-order chi connectivity index (χ1) is 11.4. The lowest BCUT2D eigenvalue weighted by molar-refractivity contribution is -0.151. The zero-order chi connectivity index (χ0) is 17.9. The highest BCUT2D eigenvalue weighted by atomic mass is 16.5. The highest BCUT2D eigenvalue weighted by Gasteiger charge is 2.26. The normalized spacial score (nSPS) is 11.1. The van der Waals surface area contributed by atoms with Crippen molar-refractivity contribution in [1.29, 1.82) is 0 Å². The van der Waals surface area contributed by atoms with E-state index in [4.69, 9.17) is 11.2 Å². The first-order valence-electron chi connectivity index (χ1n) is 7.43. The van der Waals surface area contributed by atoms with E-state index in [1.54, 1.807) is 38.1 Å². The van der Waals surface area contributed by atoms with E-state index in [0.717, 1.165) is 0 Å². The van der Waals surface area contributed by atoms with Gasteiger partial charge in [-0.3, -0.25) is 4.79 Å². The zero-order valence-electron chi connectivity index (χ0n) is 13.7. The molecule has 24 heavy (non-hydrogen) atoms. The molecule has 7 nitrogen and oxygen atoms in total. The molecular weight excluding hydrogens is 310 g/mol. The number of hydrogen-bond donors (Lipinski definition) is 3. The molecule has 0 heterocycles. The van der Waals surface area contributed by atoms with Crippen LogP contribution < -0.4 is 16.0 Å². The van der Waals surface area contributed by atoms with Crippen molar-refractivity contribution in [3.05, 3.63) is 30.3 Å². The van der Waals surface area contributed by atoms with Crippen molar-refractivity contribution >= 4 is 23.6 Å². The van der Waals surface area contributed by atoms with Gasteiger partial charge in [-0.05, 0) is 18.1 Å². The van der Waals surface area contributed by atoms with Crippen LogP contribution in [0.2, 0.25) is 0 Å². The first-order valence-corrected chi connectivity index (χ1v) is 7.43. The average Bonchev–Trinajstić information content (AvgIpc) is 2.56. The number of rotatable bonds is 7. The molecule has 0 spiro atoms. The third-order valence-corrected chi connectivity index (χ3v) is 2.97. The predicted octanol–water partition coefficient (Wildman–Crippen LogP) is 1.13. The maximum atomic E-state index is 12.1. The van der Waals surface area contributed by atoms with Crippen molar-refractivity contribution in [2.75, 3.05) is 18.5 Å². The van der Waals surface area contributed by atoms with Gasteiger partial charge >= 0.3 is 12.0 Å². The summed E-state index contributed by atoms with van der Waals surface area (Å²) in [6, 6.07) is 7.40. The van der Waals surface area contributed by atoms with E-state index < -0.39 is 30.6 Å². The Morgan fingerprint density at radius 1 is 1.21 bits per heavy atom. The highest BCUT2D eigenvalue weighted by molar-refractivity contribution is 5.93. The van der Waals surface area contributed by atoms with Crippen LogP contribution in [0.4, 0.5) is 10.5 Å². The molecule has 0 saturated heterocycles. The number of ether oxygens (including phenoxy) is 1. The van der Waals surface area contributed by atoms with E-state index in [1.807, 2.05) is 6.07 Å². The molecule has 3 N–H and O–H groups in total. The van der Waals surface area contributed by atoms with Gasteiger partial charge in [0.05, 0.1) is 6.54 Å². The van der Waals surface area contributed by atoms with Gasteiger partial charge in [0.1, 0.15) is 6.04 Å². The molecule has 0 bridgehead atoms. The van der Waals surface area contributed by atoms with E-state index >= 15 is 0 Å². The smallest absolute Gasteiger partial charge is 0.329 e. The second-order valence-electron chi connectivity index (χ2n) is 5.27. The molecule has 0 fully saturated rings. The quantitative estimate of drug-likeness (QED) is 0.515. The number of anilines is 1. The molecular formula is C17H21N3O4. The molecule has 0 radical (unpaired) electrons. The molecule has 0 unspecified atom stereocenters. The molecule has 0 aliphatic rings. The maximum absolute atomic E-state index is 12.1. The summed E-state index contributed by atoms with van der Waals surface area (Å²) < 4.78 is 4.91. The largest absolute Gasteiger partial charge is 0.454 e. The number of hydrogen-bond acceptors (Lipinski definition) is 4. The van der Waals surface area contributed by atoms with Crippen LogP contribution in [-0.2, 0) is 14.3 Å². The summed E-state index contributed by atoms with van der Waals surface area (Å²) in [5.41, 5.74) is 0.597. The SMILES string of the molecule is C#CCNC(=O)COC(=O)[C@@H](NC(=O)Nc1ccccc1)C(C)C. The van der Waals surface area contributed by atoms with Crippen LogP contribution in [0.3, 0.4) is 0 Å². The molecule has 0 saturated carbocycles. The number of amides is 3. The Labute approximate surface area is 141 Å². The Hall–Kier alpha value is -3.01. The lowest BCUT2D eigenvalue weighted by Crippen LogP contribution is -2.47. The molecule has 0 aliphatic carbocycles. The summed E-state index contributed by atoms with van der Waals surface area (Å²) in [5.74, 6) is 0.831. The van der Waals surface area contributed by atoms with Gasteiger partial charge in [0, 0.05) is 5.69 Å². The summed E-state index contributed by atoms with van der Waals surface area (Å²) in [6.45, 7) is 3.12. The van der Waals surface area contributed by atoms with Crippen LogP contribution in [0.15, 0.2) is 30.3 Å². The van der Waals surface area contributed by atoms with Gasteiger partial charge in [0.25, 0.3) is 5.91 Å². The number of esters is 1. The number of nitrogens with one attached hydrogen (secondary N) is 3. The highest BCUT2D eigenvalue weighted by Crippen LogP contribution is 2.07. The Balaban J connectivity index is 2.53. The Morgan fingerprint density at radius 3 is 2.46 bits per heavy atom. The van der Waals surface area contributed by atoms with Gasteiger partial charge in [-0.15, -0.1) is 6.42 Å². The van der Waals surface area contributed by atoms with Gasteiger partial charge in [0.15, 0.2) is 6.61 Å². The van der Waals surface area contributed by atoms with Gasteiger partial charge in [-0.25, -0.2) is 9.59 Å². The third kappa shape index (κ3) is 6.83. The second kappa shape index (κ2) is 9.90.